The van der Waals surface area contributed by atoms with Crippen molar-refractivity contribution in [1.29, 1.82) is 0 Å². The Hall–Kier alpha value is -2.20. The molecule has 0 saturated heterocycles. The van der Waals surface area contributed by atoms with Gasteiger partial charge in [-0.2, -0.15) is 0 Å². The van der Waals surface area contributed by atoms with Crippen molar-refractivity contribution in [2.75, 3.05) is 5.32 Å². The third-order valence-electron chi connectivity index (χ3n) is 3.16. The lowest BCUT2D eigenvalue weighted by atomic mass is 10.0. The Morgan fingerprint density at radius 2 is 2.15 bits per heavy atom. The Kier molecular flexibility index (Phi) is 3.03. The second kappa shape index (κ2) is 4.72. The number of halogens is 2. The molecule has 2 heterocycles. The number of carbonyl (C=O) groups excluding carboxylic acids is 1. The van der Waals surface area contributed by atoms with Crippen LogP contribution in [0.4, 0.5) is 10.1 Å². The van der Waals surface area contributed by atoms with E-state index < -0.39 is 5.82 Å². The number of hydrogen-bond acceptors (Lipinski definition) is 2. The van der Waals surface area contributed by atoms with E-state index in [1.54, 1.807) is 25.1 Å². The van der Waals surface area contributed by atoms with E-state index in [9.17, 15) is 9.18 Å². The summed E-state index contributed by atoms with van der Waals surface area (Å²) in [5.74, 6) is -0.689. The van der Waals surface area contributed by atoms with Crippen molar-refractivity contribution in [2.45, 2.75) is 6.92 Å². The molecule has 1 aliphatic rings. The van der Waals surface area contributed by atoms with Gasteiger partial charge in [-0.05, 0) is 31.2 Å². The highest BCUT2D eigenvalue weighted by Gasteiger charge is 2.24. The highest BCUT2D eigenvalue weighted by Crippen LogP contribution is 2.35. The van der Waals surface area contributed by atoms with E-state index in [1.807, 2.05) is 0 Å². The predicted octanol–water partition coefficient (Wildman–Crippen LogP) is 3.68. The largest absolute Gasteiger partial charge is 0.321 e. The summed E-state index contributed by atoms with van der Waals surface area (Å²) in [7, 11) is 0. The monoisotopic (exact) mass is 288 g/mol. The summed E-state index contributed by atoms with van der Waals surface area (Å²) in [5.41, 5.74) is 2.41. The average Bonchev–Trinajstić information content (AvgIpc) is 2.70. The van der Waals surface area contributed by atoms with Gasteiger partial charge in [0.05, 0.1) is 11.4 Å². The van der Waals surface area contributed by atoms with Gasteiger partial charge in [-0.15, -0.1) is 0 Å². The summed E-state index contributed by atoms with van der Waals surface area (Å²) in [5, 5.41) is 3.25. The zero-order chi connectivity index (χ0) is 14.3. The molecule has 1 aromatic heterocycles. The molecule has 3 rings (SSSR count). The third-order valence-corrected chi connectivity index (χ3v) is 3.39. The molecular weight excluding hydrogens is 279 g/mol. The minimum atomic E-state index is -0.421. The molecule has 0 spiro atoms. The number of carbonyl (C=O) groups is 1. The Labute approximate surface area is 120 Å². The molecule has 0 fully saturated rings. The average molecular weight is 289 g/mol. The standard InChI is InChI=1S/C15H10ClFN2O/c1-8-14(17)9(4-5-18-8)6-12-11-3-2-10(16)7-13(11)19-15(12)20/h2-7H,1H3,(H,19,20)/b12-6+. The Bertz CT molecular complexity index is 756. The summed E-state index contributed by atoms with van der Waals surface area (Å²) in [6.45, 7) is 1.58. The minimum absolute atomic E-state index is 0.267. The Balaban J connectivity index is 2.14. The Morgan fingerprint density at radius 1 is 1.35 bits per heavy atom. The SMILES string of the molecule is Cc1nccc(/C=C2/C(=O)Nc3cc(Cl)ccc32)c1F. The van der Waals surface area contributed by atoms with Gasteiger partial charge in [-0.1, -0.05) is 17.7 Å². The number of aromatic nitrogens is 1. The molecule has 2 aromatic rings. The summed E-state index contributed by atoms with van der Waals surface area (Å²) in [6.07, 6.45) is 3.04. The van der Waals surface area contributed by atoms with Crippen LogP contribution in [0.5, 0.6) is 0 Å². The number of nitrogens with zero attached hydrogens (tertiary/aromatic N) is 1. The van der Waals surface area contributed by atoms with E-state index in [-0.39, 0.29) is 5.91 Å². The number of aryl methyl sites for hydroxylation is 1. The molecule has 0 radical (unpaired) electrons. The van der Waals surface area contributed by atoms with Crippen molar-refractivity contribution in [1.82, 2.24) is 4.98 Å². The molecular formula is C15H10ClFN2O. The van der Waals surface area contributed by atoms with Gasteiger partial charge in [0, 0.05) is 27.9 Å². The number of amides is 1. The maximum atomic E-state index is 14.0. The summed E-state index contributed by atoms with van der Waals surface area (Å²) < 4.78 is 14.0. The van der Waals surface area contributed by atoms with Gasteiger partial charge in [-0.25, -0.2) is 4.39 Å². The van der Waals surface area contributed by atoms with E-state index in [4.69, 9.17) is 11.6 Å². The van der Waals surface area contributed by atoms with Crippen LogP contribution in [-0.2, 0) is 4.79 Å². The molecule has 0 atom stereocenters. The molecule has 0 bridgehead atoms. The van der Waals surface area contributed by atoms with Crippen LogP contribution in [0.15, 0.2) is 30.5 Å². The maximum absolute atomic E-state index is 14.0. The first-order chi connectivity index (χ1) is 9.56. The van der Waals surface area contributed by atoms with Crippen LogP contribution >= 0.6 is 11.6 Å². The lowest BCUT2D eigenvalue weighted by Gasteiger charge is -2.02. The zero-order valence-corrected chi connectivity index (χ0v) is 11.3. The van der Waals surface area contributed by atoms with E-state index in [0.29, 0.717) is 33.1 Å². The zero-order valence-electron chi connectivity index (χ0n) is 10.6. The number of fused-ring (bicyclic) bond motifs is 1. The molecule has 1 N–H and O–H groups in total. The van der Waals surface area contributed by atoms with Gasteiger partial charge in [0.1, 0.15) is 0 Å². The van der Waals surface area contributed by atoms with Crippen molar-refractivity contribution in [3.05, 3.63) is 58.1 Å². The molecule has 20 heavy (non-hydrogen) atoms. The molecule has 1 aliphatic heterocycles. The first kappa shape index (κ1) is 12.8. The second-order valence-electron chi connectivity index (χ2n) is 4.50. The molecule has 0 saturated carbocycles. The third kappa shape index (κ3) is 2.08. The van der Waals surface area contributed by atoms with Crippen LogP contribution in [0.3, 0.4) is 0 Å². The van der Waals surface area contributed by atoms with Gasteiger partial charge in [0.15, 0.2) is 5.82 Å². The van der Waals surface area contributed by atoms with Crippen molar-refractivity contribution in [3.8, 4) is 0 Å². The van der Waals surface area contributed by atoms with E-state index >= 15 is 0 Å². The summed E-state index contributed by atoms with van der Waals surface area (Å²) in [4.78, 5) is 15.8. The molecule has 3 nitrogen and oxygen atoms in total. The van der Waals surface area contributed by atoms with Crippen LogP contribution in [-0.4, -0.2) is 10.9 Å². The van der Waals surface area contributed by atoms with Gasteiger partial charge in [0.25, 0.3) is 5.91 Å². The van der Waals surface area contributed by atoms with Crippen molar-refractivity contribution in [2.24, 2.45) is 0 Å². The first-order valence-corrected chi connectivity index (χ1v) is 6.38. The highest BCUT2D eigenvalue weighted by atomic mass is 35.5. The first-order valence-electron chi connectivity index (χ1n) is 6.00. The van der Waals surface area contributed by atoms with Crippen LogP contribution in [0.25, 0.3) is 11.6 Å². The number of nitrogens with one attached hydrogen (secondary N) is 1. The fourth-order valence-corrected chi connectivity index (χ4v) is 2.32. The Morgan fingerprint density at radius 3 is 2.95 bits per heavy atom. The van der Waals surface area contributed by atoms with E-state index in [1.165, 1.54) is 18.3 Å². The van der Waals surface area contributed by atoms with Crippen molar-refractivity contribution >= 4 is 34.8 Å². The van der Waals surface area contributed by atoms with Gasteiger partial charge in [0.2, 0.25) is 0 Å². The van der Waals surface area contributed by atoms with Crippen LogP contribution in [0, 0.1) is 12.7 Å². The van der Waals surface area contributed by atoms with E-state index in [0.717, 1.165) is 0 Å². The number of rotatable bonds is 1. The predicted molar refractivity (Wildman–Crippen MR) is 76.9 cm³/mol. The molecule has 1 aromatic carbocycles. The quantitative estimate of drug-likeness (QED) is 0.814. The number of hydrogen-bond donors (Lipinski definition) is 1. The molecule has 100 valence electrons. The fraction of sp³-hybridized carbons (Fsp3) is 0.0667. The van der Waals surface area contributed by atoms with Crippen molar-refractivity contribution in [3.63, 3.8) is 0 Å². The molecule has 1 amide bonds. The minimum Gasteiger partial charge on any atom is -0.321 e. The molecule has 0 unspecified atom stereocenters. The topological polar surface area (TPSA) is 42.0 Å². The van der Waals surface area contributed by atoms with Gasteiger partial charge in [-0.3, -0.25) is 9.78 Å². The fourth-order valence-electron chi connectivity index (χ4n) is 2.15. The molecule has 5 heteroatoms. The van der Waals surface area contributed by atoms with Gasteiger partial charge >= 0.3 is 0 Å². The van der Waals surface area contributed by atoms with Gasteiger partial charge < -0.3 is 5.32 Å². The normalized spacial score (nSPS) is 15.3. The van der Waals surface area contributed by atoms with Crippen LogP contribution < -0.4 is 5.32 Å². The maximum Gasteiger partial charge on any atom is 0.256 e. The highest BCUT2D eigenvalue weighted by molar-refractivity contribution is 6.36. The molecule has 0 aliphatic carbocycles. The smallest absolute Gasteiger partial charge is 0.256 e. The lowest BCUT2D eigenvalue weighted by Crippen LogP contribution is -2.04. The van der Waals surface area contributed by atoms with Crippen molar-refractivity contribution < 1.29 is 9.18 Å². The summed E-state index contributed by atoms with van der Waals surface area (Å²) >= 11 is 5.89. The van der Waals surface area contributed by atoms with Crippen LogP contribution in [0.2, 0.25) is 5.02 Å². The second-order valence-corrected chi connectivity index (χ2v) is 4.94. The number of anilines is 1. The van der Waals surface area contributed by atoms with E-state index in [2.05, 4.69) is 10.3 Å². The summed E-state index contributed by atoms with van der Waals surface area (Å²) in [6, 6.07) is 6.65. The number of benzene rings is 1. The lowest BCUT2D eigenvalue weighted by molar-refractivity contribution is -0.110. The van der Waals surface area contributed by atoms with Crippen LogP contribution in [0.1, 0.15) is 16.8 Å². The number of pyridine rings is 1.